The molecule has 0 saturated carbocycles. The van der Waals surface area contributed by atoms with Crippen molar-refractivity contribution < 1.29 is 18.3 Å². The Labute approximate surface area is 144 Å². The third kappa shape index (κ3) is 3.18. The van der Waals surface area contributed by atoms with Crippen LogP contribution >= 0.6 is 15.9 Å². The Morgan fingerprint density at radius 2 is 1.88 bits per heavy atom. The molecule has 3 nitrogen and oxygen atoms in total. The molecule has 0 aliphatic rings. The highest BCUT2D eigenvalue weighted by atomic mass is 79.9. The summed E-state index contributed by atoms with van der Waals surface area (Å²) in [6.07, 6.45) is -0.470. The first-order valence-corrected chi connectivity index (χ1v) is 8.10. The minimum atomic E-state index is -4.36. The van der Waals surface area contributed by atoms with Gasteiger partial charge in [-0.1, -0.05) is 12.1 Å². The van der Waals surface area contributed by atoms with Crippen molar-refractivity contribution in [3.05, 3.63) is 64.0 Å². The van der Waals surface area contributed by atoms with E-state index in [4.69, 9.17) is 0 Å². The van der Waals surface area contributed by atoms with Crippen LogP contribution in [0.3, 0.4) is 0 Å². The molecule has 7 heteroatoms. The van der Waals surface area contributed by atoms with Crippen molar-refractivity contribution in [2.24, 2.45) is 0 Å². The zero-order valence-electron chi connectivity index (χ0n) is 12.4. The van der Waals surface area contributed by atoms with Gasteiger partial charge in [0.15, 0.2) is 0 Å². The van der Waals surface area contributed by atoms with Crippen molar-refractivity contribution in [1.82, 2.24) is 9.97 Å². The standard InChI is InChI=1S/C17H14BrF3N2O/c18-16-15-13(5-7-22-16)14(9-23-15)12(6-8-24)10-1-3-11(4-2-10)17(19,20)21/h1-5,7,9,12,23-24H,6,8H2. The molecule has 0 amide bonds. The number of hydrogen-bond acceptors (Lipinski definition) is 2. The summed E-state index contributed by atoms with van der Waals surface area (Å²) in [5, 5.41) is 10.3. The molecule has 24 heavy (non-hydrogen) atoms. The molecule has 0 radical (unpaired) electrons. The lowest BCUT2D eigenvalue weighted by Crippen LogP contribution is -2.07. The first kappa shape index (κ1) is 17.0. The summed E-state index contributed by atoms with van der Waals surface area (Å²) in [5.74, 6) is -0.208. The molecule has 0 fully saturated rings. The van der Waals surface area contributed by atoms with Crippen molar-refractivity contribution >= 4 is 26.8 Å². The minimum Gasteiger partial charge on any atom is -0.396 e. The maximum Gasteiger partial charge on any atom is 0.416 e. The third-order valence-corrected chi connectivity index (χ3v) is 4.62. The second-order valence-electron chi connectivity index (χ2n) is 5.45. The number of hydrogen-bond donors (Lipinski definition) is 2. The van der Waals surface area contributed by atoms with Crippen LogP contribution in [0.4, 0.5) is 13.2 Å². The van der Waals surface area contributed by atoms with Crippen LogP contribution in [0.5, 0.6) is 0 Å². The topological polar surface area (TPSA) is 48.9 Å². The number of nitrogens with one attached hydrogen (secondary N) is 1. The molecule has 2 heterocycles. The maximum atomic E-state index is 12.7. The number of aromatic nitrogens is 2. The van der Waals surface area contributed by atoms with E-state index < -0.39 is 11.7 Å². The van der Waals surface area contributed by atoms with E-state index in [2.05, 4.69) is 25.9 Å². The highest BCUT2D eigenvalue weighted by Gasteiger charge is 2.30. The summed E-state index contributed by atoms with van der Waals surface area (Å²) in [7, 11) is 0. The van der Waals surface area contributed by atoms with Crippen LogP contribution in [-0.2, 0) is 6.18 Å². The second-order valence-corrected chi connectivity index (χ2v) is 6.20. The number of rotatable bonds is 4. The van der Waals surface area contributed by atoms with Crippen molar-refractivity contribution in [3.63, 3.8) is 0 Å². The molecule has 0 saturated heterocycles. The molecule has 126 valence electrons. The Morgan fingerprint density at radius 3 is 2.50 bits per heavy atom. The Balaban J connectivity index is 2.05. The number of nitrogens with zero attached hydrogens (tertiary/aromatic N) is 1. The molecule has 1 atom stereocenters. The van der Waals surface area contributed by atoms with Crippen LogP contribution in [-0.4, -0.2) is 21.7 Å². The van der Waals surface area contributed by atoms with Crippen LogP contribution in [0, 0.1) is 0 Å². The number of alkyl halides is 3. The van der Waals surface area contributed by atoms with Crippen molar-refractivity contribution in [2.45, 2.75) is 18.5 Å². The van der Waals surface area contributed by atoms with E-state index in [9.17, 15) is 18.3 Å². The van der Waals surface area contributed by atoms with Gasteiger partial charge in [0.05, 0.1) is 11.1 Å². The zero-order valence-corrected chi connectivity index (χ0v) is 14.0. The Hall–Kier alpha value is -1.86. The van der Waals surface area contributed by atoms with E-state index in [1.54, 1.807) is 6.20 Å². The molecule has 0 aliphatic carbocycles. The van der Waals surface area contributed by atoms with Crippen LogP contribution in [0.25, 0.3) is 10.9 Å². The smallest absolute Gasteiger partial charge is 0.396 e. The summed E-state index contributed by atoms with van der Waals surface area (Å²) < 4.78 is 38.9. The molecule has 1 unspecified atom stereocenters. The number of benzene rings is 1. The lowest BCUT2D eigenvalue weighted by Gasteiger charge is -2.17. The Bertz CT molecular complexity index is 843. The molecule has 3 aromatic rings. The SMILES string of the molecule is OCCC(c1ccc(C(F)(F)F)cc1)c1c[nH]c2c(Br)nccc12. The van der Waals surface area contributed by atoms with Gasteiger partial charge in [-0.25, -0.2) is 4.98 Å². The largest absolute Gasteiger partial charge is 0.416 e. The maximum absolute atomic E-state index is 12.7. The quantitative estimate of drug-likeness (QED) is 0.616. The predicted molar refractivity (Wildman–Crippen MR) is 88.8 cm³/mol. The number of aliphatic hydroxyl groups excluding tert-OH is 1. The number of fused-ring (bicyclic) bond motifs is 1. The molecule has 0 spiro atoms. The zero-order chi connectivity index (χ0) is 17.3. The van der Waals surface area contributed by atoms with Gasteiger partial charge in [-0.3, -0.25) is 0 Å². The van der Waals surface area contributed by atoms with E-state index in [0.29, 0.717) is 11.0 Å². The van der Waals surface area contributed by atoms with Crippen LogP contribution < -0.4 is 0 Å². The number of H-pyrrole nitrogens is 1. The number of halogens is 4. The fourth-order valence-corrected chi connectivity index (χ4v) is 3.31. The molecule has 1 aromatic carbocycles. The summed E-state index contributed by atoms with van der Waals surface area (Å²) in [5.41, 5.74) is 1.79. The lowest BCUT2D eigenvalue weighted by molar-refractivity contribution is -0.137. The highest BCUT2D eigenvalue weighted by molar-refractivity contribution is 9.10. The van der Waals surface area contributed by atoms with E-state index in [1.807, 2.05) is 12.3 Å². The number of pyridine rings is 1. The summed E-state index contributed by atoms with van der Waals surface area (Å²) in [6, 6.07) is 6.94. The van der Waals surface area contributed by atoms with Gasteiger partial charge in [0, 0.05) is 30.3 Å². The van der Waals surface area contributed by atoms with Gasteiger partial charge in [0.2, 0.25) is 0 Å². The van der Waals surface area contributed by atoms with E-state index in [1.165, 1.54) is 12.1 Å². The molecule has 0 aliphatic heterocycles. The fraction of sp³-hybridized carbons (Fsp3) is 0.235. The van der Waals surface area contributed by atoms with Crippen molar-refractivity contribution in [1.29, 1.82) is 0 Å². The summed E-state index contributed by atoms with van der Waals surface area (Å²) in [6.45, 7) is -0.0649. The Morgan fingerprint density at radius 1 is 1.17 bits per heavy atom. The lowest BCUT2D eigenvalue weighted by atomic mass is 9.88. The molecular weight excluding hydrogens is 385 g/mol. The number of aromatic amines is 1. The van der Waals surface area contributed by atoms with E-state index in [-0.39, 0.29) is 12.5 Å². The van der Waals surface area contributed by atoms with Gasteiger partial charge >= 0.3 is 6.18 Å². The molecule has 2 N–H and O–H groups in total. The van der Waals surface area contributed by atoms with Gasteiger partial charge in [0.25, 0.3) is 0 Å². The van der Waals surface area contributed by atoms with Gasteiger partial charge in [-0.2, -0.15) is 13.2 Å². The molecule has 0 bridgehead atoms. The molecule has 3 rings (SSSR count). The van der Waals surface area contributed by atoms with Crippen LogP contribution in [0.2, 0.25) is 0 Å². The van der Waals surface area contributed by atoms with Gasteiger partial charge in [-0.05, 0) is 51.7 Å². The van der Waals surface area contributed by atoms with Crippen molar-refractivity contribution in [3.8, 4) is 0 Å². The average Bonchev–Trinajstić information content (AvgIpc) is 2.97. The number of aliphatic hydroxyl groups is 1. The molecule has 2 aromatic heterocycles. The van der Waals surface area contributed by atoms with Gasteiger partial charge in [0.1, 0.15) is 4.60 Å². The van der Waals surface area contributed by atoms with Crippen LogP contribution in [0.1, 0.15) is 29.0 Å². The normalized spacial score (nSPS) is 13.4. The fourth-order valence-electron chi connectivity index (χ4n) is 2.87. The monoisotopic (exact) mass is 398 g/mol. The van der Waals surface area contributed by atoms with Crippen molar-refractivity contribution in [2.75, 3.05) is 6.61 Å². The molecular formula is C17H14BrF3N2O. The van der Waals surface area contributed by atoms with Crippen LogP contribution in [0.15, 0.2) is 47.3 Å². The third-order valence-electron chi connectivity index (χ3n) is 4.02. The van der Waals surface area contributed by atoms with E-state index in [0.717, 1.165) is 34.2 Å². The Kier molecular flexibility index (Phi) is 4.64. The minimum absolute atomic E-state index is 0.0649. The summed E-state index contributed by atoms with van der Waals surface area (Å²) in [4.78, 5) is 7.28. The van der Waals surface area contributed by atoms with Gasteiger partial charge < -0.3 is 10.1 Å². The average molecular weight is 399 g/mol. The van der Waals surface area contributed by atoms with Gasteiger partial charge in [-0.15, -0.1) is 0 Å². The first-order valence-electron chi connectivity index (χ1n) is 7.31. The highest BCUT2D eigenvalue weighted by Crippen LogP contribution is 2.36. The second kappa shape index (κ2) is 6.57. The predicted octanol–water partition coefficient (Wildman–Crippen LogP) is 4.86. The summed E-state index contributed by atoms with van der Waals surface area (Å²) >= 11 is 3.37. The van der Waals surface area contributed by atoms with E-state index >= 15 is 0 Å². The first-order chi connectivity index (χ1) is 11.4.